The minimum atomic E-state index is -0.437. The molecule has 1 aromatic heterocycles. The van der Waals surface area contributed by atoms with Crippen LogP contribution in [0, 0.1) is 0 Å². The van der Waals surface area contributed by atoms with Gasteiger partial charge < -0.3 is 15.6 Å². The Hall–Kier alpha value is -2.41. The predicted molar refractivity (Wildman–Crippen MR) is 71.9 cm³/mol. The van der Waals surface area contributed by atoms with Crippen LogP contribution >= 0.6 is 0 Å². The Balaban J connectivity index is 1.68. The Morgan fingerprint density at radius 3 is 3.15 bits per heavy atom. The number of hydrogen-bond acceptors (Lipinski definition) is 5. The second kappa shape index (κ2) is 4.93. The van der Waals surface area contributed by atoms with Crippen molar-refractivity contribution >= 4 is 17.5 Å². The van der Waals surface area contributed by atoms with E-state index >= 15 is 0 Å². The maximum atomic E-state index is 12.2. The summed E-state index contributed by atoms with van der Waals surface area (Å²) in [4.78, 5) is 27.9. The molecule has 3 heterocycles. The van der Waals surface area contributed by atoms with Gasteiger partial charge in [-0.1, -0.05) is 0 Å². The molecule has 2 aliphatic heterocycles. The van der Waals surface area contributed by atoms with Gasteiger partial charge in [0.15, 0.2) is 0 Å². The van der Waals surface area contributed by atoms with Crippen LogP contribution in [0.5, 0.6) is 0 Å². The molecule has 0 bridgehead atoms. The van der Waals surface area contributed by atoms with Crippen molar-refractivity contribution in [3.8, 4) is 0 Å². The number of carbonyl (C=O) groups excluding carboxylic acids is 2. The van der Waals surface area contributed by atoms with Crippen molar-refractivity contribution in [1.29, 1.82) is 0 Å². The number of carbonyl (C=O) groups is 2. The summed E-state index contributed by atoms with van der Waals surface area (Å²) in [6, 6.07) is 2.74. The van der Waals surface area contributed by atoms with E-state index in [0.29, 0.717) is 12.1 Å². The maximum Gasteiger partial charge on any atom is 0.248 e. The molecule has 2 unspecified atom stereocenters. The van der Waals surface area contributed by atoms with E-state index in [1.165, 1.54) is 0 Å². The average molecular weight is 273 g/mol. The number of pyridine rings is 1. The van der Waals surface area contributed by atoms with Crippen LogP contribution < -0.4 is 16.1 Å². The molecule has 2 atom stereocenters. The van der Waals surface area contributed by atoms with Gasteiger partial charge in [-0.2, -0.15) is 0 Å². The van der Waals surface area contributed by atoms with Crippen molar-refractivity contribution in [2.45, 2.75) is 25.4 Å². The average Bonchev–Trinajstić information content (AvgIpc) is 2.84. The van der Waals surface area contributed by atoms with Crippen molar-refractivity contribution in [3.63, 3.8) is 0 Å². The van der Waals surface area contributed by atoms with E-state index in [0.717, 1.165) is 5.70 Å². The van der Waals surface area contributed by atoms with Crippen LogP contribution in [-0.4, -0.2) is 33.9 Å². The maximum absolute atomic E-state index is 12.2. The number of nitrogens with zero attached hydrogens (tertiary/aromatic N) is 2. The van der Waals surface area contributed by atoms with Gasteiger partial charge in [-0.05, 0) is 19.1 Å². The highest BCUT2D eigenvalue weighted by Crippen LogP contribution is 2.20. The van der Waals surface area contributed by atoms with Gasteiger partial charge in [-0.3, -0.25) is 14.6 Å². The number of nitrogens with one attached hydrogen (secondary N) is 3. The molecule has 20 heavy (non-hydrogen) atoms. The molecule has 0 aliphatic carbocycles. The molecular weight excluding hydrogens is 258 g/mol. The zero-order valence-electron chi connectivity index (χ0n) is 11.0. The lowest BCUT2D eigenvalue weighted by Crippen LogP contribution is -2.48. The molecule has 1 fully saturated rings. The molecule has 7 nitrogen and oxygen atoms in total. The number of fused-ring (bicyclic) bond motifs is 1. The fraction of sp³-hybridized carbons (Fsp3) is 0.308. The van der Waals surface area contributed by atoms with E-state index in [1.807, 2.05) is 0 Å². The Morgan fingerprint density at radius 1 is 1.55 bits per heavy atom. The highest BCUT2D eigenvalue weighted by Gasteiger charge is 2.40. The molecule has 0 radical (unpaired) electrons. The molecule has 0 saturated carbocycles. The van der Waals surface area contributed by atoms with E-state index in [2.05, 4.69) is 21.0 Å². The first-order valence-corrected chi connectivity index (χ1v) is 6.38. The zero-order valence-corrected chi connectivity index (χ0v) is 11.0. The Morgan fingerprint density at radius 2 is 2.40 bits per heavy atom. The number of aromatic nitrogens is 1. The molecule has 2 amide bonds. The van der Waals surface area contributed by atoms with Gasteiger partial charge in [-0.25, -0.2) is 5.43 Å². The second-order valence-corrected chi connectivity index (χ2v) is 4.87. The quantitative estimate of drug-likeness (QED) is 0.704. The lowest BCUT2D eigenvalue weighted by atomic mass is 10.1. The van der Waals surface area contributed by atoms with Gasteiger partial charge in [0.2, 0.25) is 11.8 Å². The molecular formula is C13H15N5O2. The van der Waals surface area contributed by atoms with Crippen LogP contribution in [0.4, 0.5) is 5.69 Å². The van der Waals surface area contributed by atoms with Gasteiger partial charge in [0.25, 0.3) is 0 Å². The number of allylic oxidation sites excluding steroid dienone is 1. The third-order valence-corrected chi connectivity index (χ3v) is 3.30. The molecule has 3 N–H and O–H groups in total. The third kappa shape index (κ3) is 2.35. The minimum absolute atomic E-state index is 0.0887. The molecule has 7 heteroatoms. The Kier molecular flexibility index (Phi) is 3.11. The normalized spacial score (nSPS) is 24.8. The zero-order chi connectivity index (χ0) is 14.1. The molecule has 3 rings (SSSR count). The van der Waals surface area contributed by atoms with Crippen LogP contribution in [-0.2, 0) is 9.59 Å². The van der Waals surface area contributed by atoms with E-state index in [-0.39, 0.29) is 17.9 Å². The van der Waals surface area contributed by atoms with Crippen molar-refractivity contribution < 1.29 is 9.59 Å². The van der Waals surface area contributed by atoms with Gasteiger partial charge in [0.1, 0.15) is 12.1 Å². The van der Waals surface area contributed by atoms with Gasteiger partial charge in [0.05, 0.1) is 11.9 Å². The van der Waals surface area contributed by atoms with Gasteiger partial charge in [-0.15, -0.1) is 0 Å². The lowest BCUT2D eigenvalue weighted by molar-refractivity contribution is -0.125. The van der Waals surface area contributed by atoms with E-state index in [9.17, 15) is 9.59 Å². The standard InChI is InChI=1S/C13H15N5O2/c1-8-7-18-11(13(20)15-8)5-10(17-18)12(19)16-9-3-2-4-14-6-9/h2-4,6-7,10-11,17H,5H2,1H3,(H,15,20)(H,16,19). The number of amides is 2. The van der Waals surface area contributed by atoms with Crippen molar-refractivity contribution in [1.82, 2.24) is 20.7 Å². The fourth-order valence-electron chi connectivity index (χ4n) is 2.37. The first-order chi connectivity index (χ1) is 9.63. The summed E-state index contributed by atoms with van der Waals surface area (Å²) in [5, 5.41) is 7.23. The predicted octanol–water partition coefficient (Wildman–Crippen LogP) is -0.0413. The van der Waals surface area contributed by atoms with Crippen molar-refractivity contribution in [2.75, 3.05) is 5.32 Å². The number of hydrogen-bond donors (Lipinski definition) is 3. The van der Waals surface area contributed by atoms with Gasteiger partial charge >= 0.3 is 0 Å². The highest BCUT2D eigenvalue weighted by atomic mass is 16.2. The summed E-state index contributed by atoms with van der Waals surface area (Å²) in [6.07, 6.45) is 5.45. The third-order valence-electron chi connectivity index (χ3n) is 3.30. The largest absolute Gasteiger partial charge is 0.327 e. The van der Waals surface area contributed by atoms with Gasteiger partial charge in [0, 0.05) is 24.5 Å². The van der Waals surface area contributed by atoms with Crippen LogP contribution in [0.3, 0.4) is 0 Å². The van der Waals surface area contributed by atoms with Crippen LogP contribution in [0.15, 0.2) is 36.4 Å². The number of rotatable bonds is 2. The minimum Gasteiger partial charge on any atom is -0.327 e. The highest BCUT2D eigenvalue weighted by molar-refractivity contribution is 5.96. The fourth-order valence-corrected chi connectivity index (χ4v) is 2.37. The van der Waals surface area contributed by atoms with E-state index < -0.39 is 6.04 Å². The molecule has 104 valence electrons. The van der Waals surface area contributed by atoms with Crippen LogP contribution in [0.1, 0.15) is 13.3 Å². The number of anilines is 1. The second-order valence-electron chi connectivity index (χ2n) is 4.87. The molecule has 2 aliphatic rings. The van der Waals surface area contributed by atoms with E-state index in [4.69, 9.17) is 0 Å². The van der Waals surface area contributed by atoms with Crippen molar-refractivity contribution in [2.24, 2.45) is 0 Å². The summed E-state index contributed by atoms with van der Waals surface area (Å²) in [7, 11) is 0. The SMILES string of the molecule is CC1=CN2NC(C(=O)Nc3cccnc3)CC2C(=O)N1. The smallest absolute Gasteiger partial charge is 0.248 e. The van der Waals surface area contributed by atoms with Crippen LogP contribution in [0.25, 0.3) is 0 Å². The topological polar surface area (TPSA) is 86.4 Å². The first kappa shape index (κ1) is 12.6. The molecule has 0 aromatic carbocycles. The first-order valence-electron chi connectivity index (χ1n) is 6.38. The van der Waals surface area contributed by atoms with Crippen LogP contribution in [0.2, 0.25) is 0 Å². The molecule has 0 spiro atoms. The summed E-state index contributed by atoms with van der Waals surface area (Å²) >= 11 is 0. The number of hydrazine groups is 1. The summed E-state index contributed by atoms with van der Waals surface area (Å²) in [5.74, 6) is -0.263. The summed E-state index contributed by atoms with van der Waals surface area (Å²) in [5.41, 5.74) is 4.43. The van der Waals surface area contributed by atoms with E-state index in [1.54, 1.807) is 42.7 Å². The molecule has 1 aromatic rings. The summed E-state index contributed by atoms with van der Waals surface area (Å²) in [6.45, 7) is 1.80. The molecule has 1 saturated heterocycles. The Labute approximate surface area is 116 Å². The monoisotopic (exact) mass is 273 g/mol. The Bertz CT molecular complexity index is 571. The lowest BCUT2D eigenvalue weighted by Gasteiger charge is -2.27. The summed E-state index contributed by atoms with van der Waals surface area (Å²) < 4.78 is 0. The van der Waals surface area contributed by atoms with Crippen molar-refractivity contribution in [3.05, 3.63) is 36.4 Å².